The number of halogens is 3. The van der Waals surface area contributed by atoms with E-state index >= 15 is 0 Å². The molecule has 0 fully saturated rings. The third-order valence-corrected chi connectivity index (χ3v) is 3.81. The summed E-state index contributed by atoms with van der Waals surface area (Å²) in [7, 11) is 0. The average Bonchev–Trinajstić information content (AvgIpc) is 2.90. The molecule has 0 saturated heterocycles. The van der Waals surface area contributed by atoms with Crippen molar-refractivity contribution in [3.63, 3.8) is 0 Å². The smallest absolute Gasteiger partial charge is 0.550 e. The number of aliphatic carboxylic acids is 1. The molecule has 0 radical (unpaired) electrons. The molecule has 6 nitrogen and oxygen atoms in total. The number of ether oxygens (including phenoxy) is 1. The topological polar surface area (TPSA) is 95.1 Å². The zero-order valence-electron chi connectivity index (χ0n) is 13.9. The molecule has 0 aliphatic heterocycles. The van der Waals surface area contributed by atoms with Crippen LogP contribution >= 0.6 is 0 Å². The number of H-pyrrole nitrogens is 1. The van der Waals surface area contributed by atoms with Crippen molar-refractivity contribution in [2.24, 2.45) is 0 Å². The van der Waals surface area contributed by atoms with Crippen LogP contribution in [0.3, 0.4) is 0 Å². The number of carbonyl (C=O) groups excluding carboxylic acids is 2. The summed E-state index contributed by atoms with van der Waals surface area (Å²) in [5.41, 5.74) is 1.07. The molecule has 1 N–H and O–H groups in total. The van der Waals surface area contributed by atoms with Gasteiger partial charge in [0.25, 0.3) is 0 Å². The molecule has 0 unspecified atom stereocenters. The van der Waals surface area contributed by atoms with Crippen LogP contribution < -0.4 is 9.84 Å². The highest BCUT2D eigenvalue weighted by atomic mass is 19.4. The normalized spacial score (nSPS) is 11.6. The highest BCUT2D eigenvalue weighted by Crippen LogP contribution is 2.31. The van der Waals surface area contributed by atoms with E-state index in [0.29, 0.717) is 0 Å². The number of hydrogen-bond donors (Lipinski definition) is 1. The van der Waals surface area contributed by atoms with Crippen LogP contribution in [0.25, 0.3) is 10.9 Å². The van der Waals surface area contributed by atoms with Gasteiger partial charge in [-0.2, -0.15) is 0 Å². The lowest BCUT2D eigenvalue weighted by molar-refractivity contribution is -0.304. The molecule has 0 aliphatic rings. The number of aryl methyl sites for hydroxylation is 1. The Balaban J connectivity index is 2.14. The Morgan fingerprint density at radius 2 is 1.96 bits per heavy atom. The first-order valence-electron chi connectivity index (χ1n) is 7.71. The fraction of sp³-hybridized carbons (Fsp3) is 0.167. The number of rotatable bonds is 5. The van der Waals surface area contributed by atoms with E-state index in [-0.39, 0.29) is 27.9 Å². The zero-order valence-corrected chi connectivity index (χ0v) is 13.9. The molecule has 3 aromatic rings. The summed E-state index contributed by atoms with van der Waals surface area (Å²) in [6.07, 6.45) is -4.14. The molecule has 9 heteroatoms. The fourth-order valence-electron chi connectivity index (χ4n) is 2.73. The number of pyridine rings is 1. The van der Waals surface area contributed by atoms with Gasteiger partial charge in [0, 0.05) is 29.5 Å². The fourth-order valence-corrected chi connectivity index (χ4v) is 2.73. The van der Waals surface area contributed by atoms with Crippen molar-refractivity contribution in [2.75, 3.05) is 0 Å². The van der Waals surface area contributed by atoms with Crippen LogP contribution in [-0.2, 0) is 11.2 Å². The van der Waals surface area contributed by atoms with Crippen LogP contribution in [0.4, 0.5) is 13.2 Å². The minimum atomic E-state index is -4.90. The Bertz CT molecular complexity index is 1040. The van der Waals surface area contributed by atoms with Crippen molar-refractivity contribution in [1.29, 1.82) is 0 Å². The summed E-state index contributed by atoms with van der Waals surface area (Å²) in [5.74, 6) is -2.59. The van der Waals surface area contributed by atoms with Gasteiger partial charge in [-0.25, -0.2) is 0 Å². The molecule has 0 saturated carbocycles. The van der Waals surface area contributed by atoms with Crippen LogP contribution in [0.2, 0.25) is 0 Å². The van der Waals surface area contributed by atoms with Gasteiger partial charge in [0.05, 0.1) is 5.69 Å². The SMILES string of the molecule is Cc1ccnc(C(=O)c2[nH]c3ccc(OC(F)(F)F)cc3c2CC(=O)[O-])c1. The van der Waals surface area contributed by atoms with Gasteiger partial charge in [0.2, 0.25) is 5.78 Å². The molecule has 0 aliphatic carbocycles. The van der Waals surface area contributed by atoms with Gasteiger partial charge in [-0.15, -0.1) is 13.2 Å². The highest BCUT2D eigenvalue weighted by Gasteiger charge is 2.31. The van der Waals surface area contributed by atoms with E-state index in [0.717, 1.165) is 17.7 Å². The van der Waals surface area contributed by atoms with E-state index in [1.165, 1.54) is 18.3 Å². The van der Waals surface area contributed by atoms with Crippen molar-refractivity contribution in [1.82, 2.24) is 9.97 Å². The maximum atomic E-state index is 12.8. The van der Waals surface area contributed by atoms with Gasteiger partial charge in [-0.05, 0) is 48.4 Å². The van der Waals surface area contributed by atoms with E-state index in [1.54, 1.807) is 13.0 Å². The Morgan fingerprint density at radius 1 is 1.22 bits per heavy atom. The monoisotopic (exact) mass is 377 g/mol. The van der Waals surface area contributed by atoms with Crippen molar-refractivity contribution in [3.05, 3.63) is 59.0 Å². The summed E-state index contributed by atoms with van der Waals surface area (Å²) in [6, 6.07) is 6.57. The first kappa shape index (κ1) is 18.4. The molecule has 0 amide bonds. The number of benzene rings is 1. The maximum Gasteiger partial charge on any atom is 0.573 e. The predicted octanol–water partition coefficient (Wildman–Crippen LogP) is 2.29. The standard InChI is InChI=1S/C18H13F3N2O4/c1-9-4-5-22-14(6-9)17(26)16-12(8-15(24)25)11-7-10(27-18(19,20)21)2-3-13(11)23-16/h2-7,23H,8H2,1H3,(H,24,25)/p-1. The lowest BCUT2D eigenvalue weighted by Crippen LogP contribution is -2.25. The number of alkyl halides is 3. The summed E-state index contributed by atoms with van der Waals surface area (Å²) in [6.45, 7) is 1.76. The van der Waals surface area contributed by atoms with Crippen molar-refractivity contribution >= 4 is 22.7 Å². The Kier molecular flexibility index (Phi) is 4.61. The van der Waals surface area contributed by atoms with Crippen molar-refractivity contribution in [2.45, 2.75) is 19.7 Å². The molecule has 1 aromatic carbocycles. The maximum absolute atomic E-state index is 12.8. The molecule has 27 heavy (non-hydrogen) atoms. The van der Waals surface area contributed by atoms with Gasteiger partial charge in [0.15, 0.2) is 0 Å². The molecular weight excluding hydrogens is 365 g/mol. The van der Waals surface area contributed by atoms with E-state index < -0.39 is 30.3 Å². The van der Waals surface area contributed by atoms with Crippen molar-refractivity contribution in [3.8, 4) is 5.75 Å². The first-order chi connectivity index (χ1) is 12.6. The minimum absolute atomic E-state index is 0.00549. The third kappa shape index (κ3) is 4.08. The van der Waals surface area contributed by atoms with Gasteiger partial charge < -0.3 is 19.6 Å². The number of fused-ring (bicyclic) bond motifs is 1. The largest absolute Gasteiger partial charge is 0.573 e. The number of nitrogens with zero attached hydrogens (tertiary/aromatic N) is 1. The van der Waals surface area contributed by atoms with Crippen LogP contribution in [0.15, 0.2) is 36.5 Å². The second-order valence-corrected chi connectivity index (χ2v) is 5.83. The van der Waals surface area contributed by atoms with E-state index in [9.17, 15) is 27.9 Å². The van der Waals surface area contributed by atoms with E-state index in [4.69, 9.17) is 0 Å². The Morgan fingerprint density at radius 3 is 2.59 bits per heavy atom. The molecule has 2 aromatic heterocycles. The number of aromatic nitrogens is 2. The van der Waals surface area contributed by atoms with Gasteiger partial charge in [-0.1, -0.05) is 0 Å². The molecule has 0 atom stereocenters. The van der Waals surface area contributed by atoms with Crippen LogP contribution in [0.1, 0.15) is 27.3 Å². The van der Waals surface area contributed by atoms with Gasteiger partial charge in [0.1, 0.15) is 11.4 Å². The predicted molar refractivity (Wildman–Crippen MR) is 86.1 cm³/mol. The second-order valence-electron chi connectivity index (χ2n) is 5.83. The zero-order chi connectivity index (χ0) is 19.8. The lowest BCUT2D eigenvalue weighted by atomic mass is 10.0. The molecule has 3 rings (SSSR count). The number of carboxylic acid groups (broad SMARTS) is 1. The second kappa shape index (κ2) is 6.75. The van der Waals surface area contributed by atoms with Gasteiger partial charge in [-0.3, -0.25) is 9.78 Å². The number of ketones is 1. The quantitative estimate of drug-likeness (QED) is 0.689. The number of hydrogen-bond acceptors (Lipinski definition) is 5. The summed E-state index contributed by atoms with van der Waals surface area (Å²) < 4.78 is 41.2. The summed E-state index contributed by atoms with van der Waals surface area (Å²) in [4.78, 5) is 30.6. The van der Waals surface area contributed by atoms with Gasteiger partial charge >= 0.3 is 6.36 Å². The molecular formula is C18H12F3N2O4-. The van der Waals surface area contributed by atoms with E-state index in [2.05, 4.69) is 14.7 Å². The highest BCUT2D eigenvalue weighted by molar-refractivity contribution is 6.11. The van der Waals surface area contributed by atoms with Crippen LogP contribution in [-0.4, -0.2) is 28.1 Å². The van der Waals surface area contributed by atoms with Crippen LogP contribution in [0.5, 0.6) is 5.75 Å². The number of nitrogens with one attached hydrogen (secondary N) is 1. The van der Waals surface area contributed by atoms with Crippen LogP contribution in [0, 0.1) is 6.92 Å². The number of carboxylic acids is 1. The molecule has 0 spiro atoms. The third-order valence-electron chi connectivity index (χ3n) is 3.81. The first-order valence-corrected chi connectivity index (χ1v) is 7.71. The van der Waals surface area contributed by atoms with E-state index in [1.807, 2.05) is 0 Å². The Labute approximate surface area is 150 Å². The minimum Gasteiger partial charge on any atom is -0.550 e. The number of aromatic amines is 1. The van der Waals surface area contributed by atoms with Crippen molar-refractivity contribution < 1.29 is 32.6 Å². The summed E-state index contributed by atoms with van der Waals surface area (Å²) in [5, 5.41) is 11.2. The Hall–Kier alpha value is -3.36. The average molecular weight is 377 g/mol. The molecule has 140 valence electrons. The summed E-state index contributed by atoms with van der Waals surface area (Å²) >= 11 is 0. The molecule has 0 bridgehead atoms. The lowest BCUT2D eigenvalue weighted by Gasteiger charge is -2.09. The molecule has 2 heterocycles. The number of carbonyl (C=O) groups is 2.